The monoisotopic (exact) mass is 302 g/mol. The molecule has 0 spiro atoms. The third kappa shape index (κ3) is 3.27. The van der Waals surface area contributed by atoms with Crippen LogP contribution in [0, 0.1) is 0 Å². The number of anilines is 1. The van der Waals surface area contributed by atoms with Crippen LogP contribution in [0.1, 0.15) is 17.3 Å². The maximum Gasteiger partial charge on any atom is 0.337 e. The highest BCUT2D eigenvalue weighted by Gasteiger charge is 2.29. The Kier molecular flexibility index (Phi) is 5.09. The van der Waals surface area contributed by atoms with E-state index in [2.05, 4.69) is 0 Å². The van der Waals surface area contributed by atoms with Crippen LogP contribution in [0.5, 0.6) is 0 Å². The molecule has 0 saturated carbocycles. The van der Waals surface area contributed by atoms with Crippen LogP contribution in [0.4, 0.5) is 5.69 Å². The highest BCUT2D eigenvalue weighted by molar-refractivity contribution is 7.89. The molecule has 0 saturated heterocycles. The summed E-state index contributed by atoms with van der Waals surface area (Å²) >= 11 is 0. The van der Waals surface area contributed by atoms with Crippen molar-refractivity contribution in [2.75, 3.05) is 26.5 Å². The highest BCUT2D eigenvalue weighted by atomic mass is 32.2. The molecule has 1 aromatic rings. The number of rotatable bonds is 6. The Bertz CT molecular complexity index is 600. The normalized spacial score (nSPS) is 13.4. The van der Waals surface area contributed by atoms with Crippen molar-refractivity contribution in [2.45, 2.75) is 17.9 Å². The van der Waals surface area contributed by atoms with Gasteiger partial charge in [-0.15, -0.1) is 0 Å². The van der Waals surface area contributed by atoms with E-state index in [-0.39, 0.29) is 22.8 Å². The van der Waals surface area contributed by atoms with E-state index in [4.69, 9.17) is 15.6 Å². The summed E-state index contributed by atoms with van der Waals surface area (Å²) in [4.78, 5) is 10.9. The van der Waals surface area contributed by atoms with Gasteiger partial charge in [-0.05, 0) is 25.1 Å². The molecule has 8 heteroatoms. The number of benzene rings is 1. The Morgan fingerprint density at radius 3 is 2.60 bits per heavy atom. The Morgan fingerprint density at radius 2 is 2.10 bits per heavy atom. The first-order valence-electron chi connectivity index (χ1n) is 5.81. The number of carboxylic acids is 1. The Hall–Kier alpha value is -1.64. The minimum Gasteiger partial charge on any atom is -0.478 e. The van der Waals surface area contributed by atoms with Gasteiger partial charge in [0.05, 0.1) is 17.1 Å². The zero-order chi connectivity index (χ0) is 15.5. The van der Waals surface area contributed by atoms with Crippen molar-refractivity contribution in [3.8, 4) is 0 Å². The first-order valence-corrected chi connectivity index (χ1v) is 7.25. The molecule has 0 fully saturated rings. The number of aromatic carboxylic acids is 1. The van der Waals surface area contributed by atoms with Crippen LogP contribution in [0.25, 0.3) is 0 Å². The molecule has 0 aliphatic rings. The minimum absolute atomic E-state index is 0.189. The summed E-state index contributed by atoms with van der Waals surface area (Å²) < 4.78 is 30.9. The summed E-state index contributed by atoms with van der Waals surface area (Å²) in [6.07, 6.45) is 0. The van der Waals surface area contributed by atoms with E-state index < -0.39 is 22.0 Å². The van der Waals surface area contributed by atoms with Crippen LogP contribution in [0.15, 0.2) is 23.1 Å². The van der Waals surface area contributed by atoms with Gasteiger partial charge in [0.15, 0.2) is 0 Å². The van der Waals surface area contributed by atoms with Gasteiger partial charge < -0.3 is 15.6 Å². The standard InChI is InChI=1S/C12H18N2O5S/c1-8(7-19-3)14(2)20(17,18)11-5-4-9(13)6-10(11)12(15)16/h4-6,8H,7,13H2,1-3H3,(H,15,16). The van der Waals surface area contributed by atoms with Crippen LogP contribution in [0.3, 0.4) is 0 Å². The quantitative estimate of drug-likeness (QED) is 0.745. The largest absolute Gasteiger partial charge is 0.478 e. The number of sulfonamides is 1. The zero-order valence-electron chi connectivity index (χ0n) is 11.5. The second-order valence-corrected chi connectivity index (χ2v) is 6.35. The van der Waals surface area contributed by atoms with Gasteiger partial charge in [-0.3, -0.25) is 0 Å². The molecule has 0 aliphatic heterocycles. The number of nitrogens with two attached hydrogens (primary N) is 1. The molecule has 0 bridgehead atoms. The number of nitrogen functional groups attached to an aromatic ring is 1. The van der Waals surface area contributed by atoms with Crippen LogP contribution < -0.4 is 5.73 Å². The van der Waals surface area contributed by atoms with Gasteiger partial charge in [0.25, 0.3) is 0 Å². The summed E-state index contributed by atoms with van der Waals surface area (Å²) in [6.45, 7) is 1.87. The van der Waals surface area contributed by atoms with Crippen LogP contribution in [0.2, 0.25) is 0 Å². The molecule has 0 radical (unpaired) electrons. The number of hydrogen-bond donors (Lipinski definition) is 2. The lowest BCUT2D eigenvalue weighted by Crippen LogP contribution is -2.38. The van der Waals surface area contributed by atoms with E-state index in [0.717, 1.165) is 10.4 Å². The predicted octanol–water partition coefficient (Wildman–Crippen LogP) is 0.622. The van der Waals surface area contributed by atoms with Crippen molar-refractivity contribution in [1.82, 2.24) is 4.31 Å². The SMILES string of the molecule is COCC(C)N(C)S(=O)(=O)c1ccc(N)cc1C(=O)O. The number of hydrogen-bond acceptors (Lipinski definition) is 5. The average Bonchev–Trinajstić information content (AvgIpc) is 2.37. The van der Waals surface area contributed by atoms with E-state index in [9.17, 15) is 13.2 Å². The molecule has 7 nitrogen and oxygen atoms in total. The van der Waals surface area contributed by atoms with E-state index in [0.29, 0.717) is 0 Å². The average molecular weight is 302 g/mol. The molecular formula is C12H18N2O5S. The van der Waals surface area contributed by atoms with Crippen LogP contribution >= 0.6 is 0 Å². The number of methoxy groups -OCH3 is 1. The lowest BCUT2D eigenvalue weighted by molar-refractivity contribution is 0.0692. The van der Waals surface area contributed by atoms with Gasteiger partial charge in [0.1, 0.15) is 0 Å². The number of likely N-dealkylation sites (N-methyl/N-ethyl adjacent to an activating group) is 1. The first kappa shape index (κ1) is 16.4. The van der Waals surface area contributed by atoms with E-state index in [1.54, 1.807) is 6.92 Å². The Balaban J connectivity index is 3.32. The van der Waals surface area contributed by atoms with Crippen molar-refractivity contribution < 1.29 is 23.1 Å². The summed E-state index contributed by atoms with van der Waals surface area (Å²) in [6, 6.07) is 3.26. The molecule has 20 heavy (non-hydrogen) atoms. The van der Waals surface area contributed by atoms with Gasteiger partial charge in [0, 0.05) is 25.9 Å². The Labute approximate surface area is 118 Å². The molecule has 0 heterocycles. The maximum atomic E-state index is 12.5. The van der Waals surface area contributed by atoms with Crippen molar-refractivity contribution in [2.24, 2.45) is 0 Å². The topological polar surface area (TPSA) is 110 Å². The van der Waals surface area contributed by atoms with E-state index in [1.807, 2.05) is 0 Å². The number of carboxylic acid groups (broad SMARTS) is 1. The van der Waals surface area contributed by atoms with Crippen LogP contribution in [-0.2, 0) is 14.8 Å². The third-order valence-corrected chi connectivity index (χ3v) is 4.95. The molecule has 112 valence electrons. The second-order valence-electron chi connectivity index (χ2n) is 4.39. The lowest BCUT2D eigenvalue weighted by Gasteiger charge is -2.24. The van der Waals surface area contributed by atoms with Crippen molar-refractivity contribution in [1.29, 1.82) is 0 Å². The second kappa shape index (κ2) is 6.21. The van der Waals surface area contributed by atoms with Gasteiger partial charge in [-0.25, -0.2) is 13.2 Å². The third-order valence-electron chi connectivity index (χ3n) is 2.92. The highest BCUT2D eigenvalue weighted by Crippen LogP contribution is 2.23. The van der Waals surface area contributed by atoms with Crippen LogP contribution in [-0.4, -0.2) is 50.6 Å². The molecule has 0 aliphatic carbocycles. The smallest absolute Gasteiger partial charge is 0.337 e. The van der Waals surface area contributed by atoms with E-state index in [1.165, 1.54) is 26.3 Å². The van der Waals surface area contributed by atoms with E-state index >= 15 is 0 Å². The minimum atomic E-state index is -3.94. The fourth-order valence-corrected chi connectivity index (χ4v) is 3.19. The van der Waals surface area contributed by atoms with Gasteiger partial charge in [0.2, 0.25) is 10.0 Å². The molecule has 1 rings (SSSR count). The Morgan fingerprint density at radius 1 is 1.50 bits per heavy atom. The summed E-state index contributed by atoms with van der Waals surface area (Å²) in [5, 5.41) is 9.11. The summed E-state index contributed by atoms with van der Waals surface area (Å²) in [7, 11) is -1.10. The molecule has 0 amide bonds. The lowest BCUT2D eigenvalue weighted by atomic mass is 10.2. The fourth-order valence-electron chi connectivity index (χ4n) is 1.68. The number of carbonyl (C=O) groups is 1. The number of ether oxygens (including phenoxy) is 1. The van der Waals surface area contributed by atoms with Gasteiger partial charge in [-0.1, -0.05) is 0 Å². The molecule has 3 N–H and O–H groups in total. The fraction of sp³-hybridized carbons (Fsp3) is 0.417. The molecule has 1 aromatic carbocycles. The predicted molar refractivity (Wildman–Crippen MR) is 74.1 cm³/mol. The van der Waals surface area contributed by atoms with Crippen molar-refractivity contribution >= 4 is 21.7 Å². The molecular weight excluding hydrogens is 284 g/mol. The first-order chi connectivity index (χ1) is 9.21. The van der Waals surface area contributed by atoms with Gasteiger partial charge >= 0.3 is 5.97 Å². The molecule has 0 aromatic heterocycles. The maximum absolute atomic E-state index is 12.5. The van der Waals surface area contributed by atoms with Crippen molar-refractivity contribution in [3.63, 3.8) is 0 Å². The van der Waals surface area contributed by atoms with Crippen molar-refractivity contribution in [3.05, 3.63) is 23.8 Å². The summed E-state index contributed by atoms with van der Waals surface area (Å²) in [5.74, 6) is -1.34. The summed E-state index contributed by atoms with van der Waals surface area (Å²) in [5.41, 5.74) is 5.34. The molecule has 1 unspecified atom stereocenters. The van der Waals surface area contributed by atoms with Gasteiger partial charge in [-0.2, -0.15) is 4.31 Å². The zero-order valence-corrected chi connectivity index (χ0v) is 12.3. The molecule has 1 atom stereocenters. The number of nitrogens with zero attached hydrogens (tertiary/aromatic N) is 1.